The van der Waals surface area contributed by atoms with Crippen molar-refractivity contribution in [2.24, 2.45) is 17.6 Å². The van der Waals surface area contributed by atoms with Crippen LogP contribution in [-0.2, 0) is 4.74 Å². The van der Waals surface area contributed by atoms with Crippen LogP contribution in [0.5, 0.6) is 0 Å². The summed E-state index contributed by atoms with van der Waals surface area (Å²) < 4.78 is 17.9. The Labute approximate surface area is 116 Å². The maximum atomic E-state index is 12.5. The van der Waals surface area contributed by atoms with Crippen molar-refractivity contribution >= 4 is 0 Å². The highest BCUT2D eigenvalue weighted by Gasteiger charge is 2.18. The lowest BCUT2D eigenvalue weighted by Crippen LogP contribution is -2.31. The highest BCUT2D eigenvalue weighted by Crippen LogP contribution is 2.26. The van der Waals surface area contributed by atoms with Crippen LogP contribution in [0.1, 0.15) is 39.5 Å². The molecule has 1 aliphatic rings. The van der Waals surface area contributed by atoms with E-state index in [1.165, 1.54) is 18.4 Å². The van der Waals surface area contributed by atoms with E-state index in [2.05, 4.69) is 18.2 Å². The number of allylic oxidation sites excluding steroid dienone is 3. The number of hydrogen-bond acceptors (Lipinski definition) is 2. The van der Waals surface area contributed by atoms with E-state index in [9.17, 15) is 4.39 Å². The molecule has 0 saturated carbocycles. The van der Waals surface area contributed by atoms with Gasteiger partial charge in [-0.05, 0) is 43.6 Å². The third-order valence-electron chi connectivity index (χ3n) is 3.88. The van der Waals surface area contributed by atoms with E-state index in [-0.39, 0.29) is 12.0 Å². The fourth-order valence-electron chi connectivity index (χ4n) is 2.37. The molecule has 0 aromatic heterocycles. The largest absolute Gasteiger partial charge is 0.382 e. The molecule has 0 aromatic carbocycles. The summed E-state index contributed by atoms with van der Waals surface area (Å²) in [5, 5.41) is 0. The number of unbranched alkanes of at least 4 members (excludes halogenated alkanes) is 1. The summed E-state index contributed by atoms with van der Waals surface area (Å²) >= 11 is 0. The van der Waals surface area contributed by atoms with Gasteiger partial charge in [0.1, 0.15) is 6.67 Å². The second-order valence-electron chi connectivity index (χ2n) is 5.36. The highest BCUT2D eigenvalue weighted by atomic mass is 19.1. The molecule has 3 atom stereocenters. The Hall–Kier alpha value is -0.670. The van der Waals surface area contributed by atoms with E-state index >= 15 is 0 Å². The number of nitrogens with two attached hydrogens (primary N) is 1. The van der Waals surface area contributed by atoms with Gasteiger partial charge in [-0.3, -0.25) is 0 Å². The van der Waals surface area contributed by atoms with Crippen LogP contribution < -0.4 is 5.73 Å². The third kappa shape index (κ3) is 5.87. The molecule has 19 heavy (non-hydrogen) atoms. The minimum absolute atomic E-state index is 0.111. The molecule has 1 rings (SSSR count). The van der Waals surface area contributed by atoms with Gasteiger partial charge in [0.05, 0.1) is 0 Å². The topological polar surface area (TPSA) is 35.2 Å². The molecule has 2 nitrogen and oxygen atoms in total. The van der Waals surface area contributed by atoms with E-state index < -0.39 is 6.67 Å². The number of hydrogen-bond donors (Lipinski definition) is 1. The molecule has 0 saturated heterocycles. The second kappa shape index (κ2) is 9.27. The van der Waals surface area contributed by atoms with Crippen LogP contribution in [-0.4, -0.2) is 25.9 Å². The van der Waals surface area contributed by atoms with Gasteiger partial charge in [-0.1, -0.05) is 31.6 Å². The Bertz CT molecular complexity index is 301. The molecule has 110 valence electrons. The van der Waals surface area contributed by atoms with Crippen LogP contribution in [0.15, 0.2) is 23.8 Å². The van der Waals surface area contributed by atoms with E-state index in [1.807, 2.05) is 13.8 Å². The SMILES string of the molecule is CCOCCCCC1C=CC(C(C)C(N)CF)=CC1. The predicted molar refractivity (Wildman–Crippen MR) is 78.8 cm³/mol. The standard InChI is InChI=1S/C16H28FNO/c1-3-19-11-5-4-6-14-7-9-15(10-8-14)13(2)16(18)12-17/h7,9-10,13-14,16H,3-6,8,11-12,18H2,1-2H3. The Balaban J connectivity index is 2.24. The second-order valence-corrected chi connectivity index (χ2v) is 5.36. The highest BCUT2D eigenvalue weighted by molar-refractivity contribution is 5.26. The van der Waals surface area contributed by atoms with Crippen LogP contribution in [0.2, 0.25) is 0 Å². The summed E-state index contributed by atoms with van der Waals surface area (Å²) in [6, 6.07) is -0.376. The summed E-state index contributed by atoms with van der Waals surface area (Å²) in [6.07, 6.45) is 11.2. The molecule has 0 aromatic rings. The molecule has 3 unspecified atom stereocenters. The lowest BCUT2D eigenvalue weighted by atomic mass is 9.85. The maximum absolute atomic E-state index is 12.5. The van der Waals surface area contributed by atoms with E-state index in [0.717, 1.165) is 26.1 Å². The molecule has 3 heteroatoms. The van der Waals surface area contributed by atoms with Crippen LogP contribution >= 0.6 is 0 Å². The van der Waals surface area contributed by atoms with Crippen molar-refractivity contribution in [1.29, 1.82) is 0 Å². The fourth-order valence-corrected chi connectivity index (χ4v) is 2.37. The van der Waals surface area contributed by atoms with Gasteiger partial charge in [0.15, 0.2) is 0 Å². The molecule has 0 bridgehead atoms. The van der Waals surface area contributed by atoms with Crippen molar-refractivity contribution in [3.05, 3.63) is 23.8 Å². The predicted octanol–water partition coefficient (Wildman–Crippen LogP) is 3.63. The van der Waals surface area contributed by atoms with Gasteiger partial charge in [0, 0.05) is 19.3 Å². The molecule has 0 aliphatic heterocycles. The summed E-state index contributed by atoms with van der Waals surface area (Å²) in [5.74, 6) is 0.735. The fraction of sp³-hybridized carbons (Fsp3) is 0.750. The zero-order chi connectivity index (χ0) is 14.1. The molecule has 0 radical (unpaired) electrons. The number of ether oxygens (including phenoxy) is 1. The van der Waals surface area contributed by atoms with Crippen molar-refractivity contribution in [2.45, 2.75) is 45.6 Å². The Morgan fingerprint density at radius 3 is 2.84 bits per heavy atom. The van der Waals surface area contributed by atoms with Gasteiger partial charge in [0.25, 0.3) is 0 Å². The first-order valence-electron chi connectivity index (χ1n) is 7.46. The molecular weight excluding hydrogens is 241 g/mol. The summed E-state index contributed by atoms with van der Waals surface area (Å²) in [6.45, 7) is 5.26. The van der Waals surface area contributed by atoms with Crippen molar-refractivity contribution in [2.75, 3.05) is 19.9 Å². The first kappa shape index (κ1) is 16.4. The van der Waals surface area contributed by atoms with Crippen LogP contribution in [0, 0.1) is 11.8 Å². The van der Waals surface area contributed by atoms with Crippen LogP contribution in [0.3, 0.4) is 0 Å². The molecule has 0 spiro atoms. The monoisotopic (exact) mass is 269 g/mol. The minimum atomic E-state index is -0.451. The first-order valence-corrected chi connectivity index (χ1v) is 7.46. The summed E-state index contributed by atoms with van der Waals surface area (Å²) in [4.78, 5) is 0. The lowest BCUT2D eigenvalue weighted by molar-refractivity contribution is 0.142. The number of alkyl halides is 1. The van der Waals surface area contributed by atoms with Gasteiger partial charge in [-0.15, -0.1) is 0 Å². The van der Waals surface area contributed by atoms with Crippen molar-refractivity contribution in [1.82, 2.24) is 0 Å². The molecule has 0 fully saturated rings. The van der Waals surface area contributed by atoms with Crippen LogP contribution in [0.4, 0.5) is 4.39 Å². The first-order chi connectivity index (χ1) is 9.19. The molecular formula is C16H28FNO. The van der Waals surface area contributed by atoms with Crippen molar-refractivity contribution < 1.29 is 9.13 Å². The van der Waals surface area contributed by atoms with Gasteiger partial charge in [-0.2, -0.15) is 0 Å². The smallest absolute Gasteiger partial charge is 0.105 e. The van der Waals surface area contributed by atoms with Crippen LogP contribution in [0.25, 0.3) is 0 Å². The third-order valence-corrected chi connectivity index (χ3v) is 3.88. The van der Waals surface area contributed by atoms with Gasteiger partial charge in [-0.25, -0.2) is 4.39 Å². The molecule has 1 aliphatic carbocycles. The quantitative estimate of drug-likeness (QED) is 0.649. The lowest BCUT2D eigenvalue weighted by Gasteiger charge is -2.23. The summed E-state index contributed by atoms with van der Waals surface area (Å²) in [5.41, 5.74) is 6.94. The van der Waals surface area contributed by atoms with E-state index in [4.69, 9.17) is 10.5 Å². The molecule has 2 N–H and O–H groups in total. The molecule has 0 amide bonds. The average Bonchev–Trinajstić information content (AvgIpc) is 2.46. The molecule has 0 heterocycles. The Kier molecular flexibility index (Phi) is 7.99. The van der Waals surface area contributed by atoms with E-state index in [0.29, 0.717) is 5.92 Å². The van der Waals surface area contributed by atoms with E-state index in [1.54, 1.807) is 0 Å². The normalized spacial score (nSPS) is 22.1. The Morgan fingerprint density at radius 1 is 1.47 bits per heavy atom. The number of rotatable bonds is 9. The summed E-state index contributed by atoms with van der Waals surface area (Å²) in [7, 11) is 0. The zero-order valence-corrected chi connectivity index (χ0v) is 12.3. The van der Waals surface area contributed by atoms with Crippen molar-refractivity contribution in [3.8, 4) is 0 Å². The maximum Gasteiger partial charge on any atom is 0.105 e. The average molecular weight is 269 g/mol. The Morgan fingerprint density at radius 2 is 2.26 bits per heavy atom. The van der Waals surface area contributed by atoms with Gasteiger partial charge >= 0.3 is 0 Å². The number of halogens is 1. The van der Waals surface area contributed by atoms with Crippen molar-refractivity contribution in [3.63, 3.8) is 0 Å². The zero-order valence-electron chi connectivity index (χ0n) is 12.3. The van der Waals surface area contributed by atoms with Gasteiger partial charge < -0.3 is 10.5 Å². The minimum Gasteiger partial charge on any atom is -0.382 e. The van der Waals surface area contributed by atoms with Gasteiger partial charge in [0.2, 0.25) is 0 Å².